The van der Waals surface area contributed by atoms with Gasteiger partial charge in [-0.3, -0.25) is 0 Å². The van der Waals surface area contributed by atoms with Gasteiger partial charge in [0, 0.05) is 17.3 Å². The van der Waals surface area contributed by atoms with E-state index in [-0.39, 0.29) is 6.54 Å². The number of aromatic nitrogens is 2. The molecule has 2 rings (SSSR count). The maximum absolute atomic E-state index is 12.4. The molecule has 5 nitrogen and oxygen atoms in total. The van der Waals surface area contributed by atoms with E-state index in [1.54, 1.807) is 30.6 Å². The molecule has 22 heavy (non-hydrogen) atoms. The van der Waals surface area contributed by atoms with Crippen LogP contribution in [0.1, 0.15) is 5.82 Å². The first-order valence-corrected chi connectivity index (χ1v) is 7.65. The van der Waals surface area contributed by atoms with E-state index in [1.807, 2.05) is 0 Å². The number of aromatic amines is 1. The fourth-order valence-corrected chi connectivity index (χ4v) is 2.74. The second-order valence-corrected chi connectivity index (χ2v) is 5.60. The van der Waals surface area contributed by atoms with Gasteiger partial charge in [0.1, 0.15) is 5.82 Å². The molecule has 0 fully saturated rings. The van der Waals surface area contributed by atoms with Gasteiger partial charge in [-0.1, -0.05) is 17.7 Å². The largest absolute Gasteiger partial charge is 0.347 e. The van der Waals surface area contributed by atoms with Gasteiger partial charge in [0.25, 0.3) is 0 Å². The number of hydrogen-bond donors (Lipinski definition) is 3. The monoisotopic (exact) mass is 346 g/mol. The van der Waals surface area contributed by atoms with Crippen molar-refractivity contribution in [3.8, 4) is 0 Å². The van der Waals surface area contributed by atoms with E-state index in [2.05, 4.69) is 20.6 Å². The van der Waals surface area contributed by atoms with E-state index < -0.39 is 18.2 Å². The van der Waals surface area contributed by atoms with Gasteiger partial charge < -0.3 is 15.6 Å². The lowest BCUT2D eigenvalue weighted by Gasteiger charge is -2.12. The maximum atomic E-state index is 12.4. The maximum Gasteiger partial charge on any atom is 0.319 e. The fraction of sp³-hybridized carbons (Fsp3) is 0.231. The summed E-state index contributed by atoms with van der Waals surface area (Å²) in [6, 6.07) is 4.35. The van der Waals surface area contributed by atoms with Crippen molar-refractivity contribution in [3.05, 3.63) is 41.4 Å². The number of urea groups is 1. The minimum Gasteiger partial charge on any atom is -0.347 e. The molecular formula is C13H13ClF2N4OS. The summed E-state index contributed by atoms with van der Waals surface area (Å²) in [6.07, 6.45) is 0.762. The molecule has 2 amide bonds. The lowest BCUT2D eigenvalue weighted by Crippen LogP contribution is -2.28. The molecule has 1 aromatic carbocycles. The van der Waals surface area contributed by atoms with E-state index in [0.717, 1.165) is 11.8 Å². The summed E-state index contributed by atoms with van der Waals surface area (Å²) in [5.74, 6) is 0.209. The molecule has 3 N–H and O–H groups in total. The topological polar surface area (TPSA) is 69.8 Å². The third-order valence-electron chi connectivity index (χ3n) is 2.54. The zero-order chi connectivity index (χ0) is 15.9. The number of H-pyrrole nitrogens is 1. The van der Waals surface area contributed by atoms with Gasteiger partial charge in [-0.25, -0.2) is 18.6 Å². The van der Waals surface area contributed by atoms with Crippen LogP contribution in [0.2, 0.25) is 5.02 Å². The van der Waals surface area contributed by atoms with E-state index in [4.69, 9.17) is 11.6 Å². The molecule has 0 radical (unpaired) electrons. The minimum atomic E-state index is -2.46. The standard InChI is InChI=1S/C13H13ClF2N4OS/c14-8-2-1-3-9(12(8)22-7-10(15)16)20-13(21)19-6-11-17-4-5-18-11/h1-5,10H,6-7H2,(H,17,18)(H2,19,20,21). The number of alkyl halides is 2. The summed E-state index contributed by atoms with van der Waals surface area (Å²) in [6.45, 7) is 0.221. The number of hydrogen-bond acceptors (Lipinski definition) is 3. The number of carbonyl (C=O) groups excluding carboxylic acids is 1. The van der Waals surface area contributed by atoms with Crippen molar-refractivity contribution in [3.63, 3.8) is 0 Å². The average Bonchev–Trinajstić information content (AvgIpc) is 2.97. The summed E-state index contributed by atoms with van der Waals surface area (Å²) in [5, 5.41) is 5.51. The molecular weight excluding hydrogens is 334 g/mol. The van der Waals surface area contributed by atoms with Crippen LogP contribution in [-0.2, 0) is 6.54 Å². The summed E-state index contributed by atoms with van der Waals surface area (Å²) in [5.41, 5.74) is 0.384. The van der Waals surface area contributed by atoms with Crippen LogP contribution in [0.5, 0.6) is 0 Å². The number of amides is 2. The minimum absolute atomic E-state index is 0.221. The Bertz CT molecular complexity index is 625. The first-order chi connectivity index (χ1) is 10.6. The van der Waals surface area contributed by atoms with Crippen LogP contribution in [-0.4, -0.2) is 28.2 Å². The van der Waals surface area contributed by atoms with Crippen molar-refractivity contribution in [2.45, 2.75) is 17.9 Å². The lowest BCUT2D eigenvalue weighted by atomic mass is 10.3. The highest BCUT2D eigenvalue weighted by molar-refractivity contribution is 7.99. The fourth-order valence-electron chi connectivity index (χ4n) is 1.63. The Morgan fingerprint density at radius 3 is 2.95 bits per heavy atom. The summed E-state index contributed by atoms with van der Waals surface area (Å²) in [7, 11) is 0. The Balaban J connectivity index is 1.98. The number of rotatable bonds is 6. The van der Waals surface area contributed by atoms with Gasteiger partial charge in [0.2, 0.25) is 6.43 Å². The van der Waals surface area contributed by atoms with Crippen molar-refractivity contribution in [1.82, 2.24) is 15.3 Å². The normalized spacial score (nSPS) is 10.7. The van der Waals surface area contributed by atoms with Crippen molar-refractivity contribution in [2.24, 2.45) is 0 Å². The third-order valence-corrected chi connectivity index (χ3v) is 4.11. The quantitative estimate of drug-likeness (QED) is 0.698. The molecule has 1 aromatic heterocycles. The number of carbonyl (C=O) groups is 1. The lowest BCUT2D eigenvalue weighted by molar-refractivity contribution is 0.177. The zero-order valence-corrected chi connectivity index (χ0v) is 12.8. The van der Waals surface area contributed by atoms with Crippen molar-refractivity contribution < 1.29 is 13.6 Å². The van der Waals surface area contributed by atoms with Crippen LogP contribution in [0.3, 0.4) is 0 Å². The second-order valence-electron chi connectivity index (χ2n) is 4.16. The average molecular weight is 347 g/mol. The van der Waals surface area contributed by atoms with Crippen LogP contribution in [0, 0.1) is 0 Å². The molecule has 0 aliphatic heterocycles. The van der Waals surface area contributed by atoms with Crippen molar-refractivity contribution in [2.75, 3.05) is 11.1 Å². The molecule has 0 aliphatic carbocycles. The molecule has 0 aliphatic rings. The third kappa shape index (κ3) is 4.88. The molecule has 0 unspecified atom stereocenters. The highest BCUT2D eigenvalue weighted by atomic mass is 35.5. The van der Waals surface area contributed by atoms with E-state index in [9.17, 15) is 13.6 Å². The zero-order valence-electron chi connectivity index (χ0n) is 11.3. The summed E-state index contributed by atoms with van der Waals surface area (Å²) < 4.78 is 24.7. The Morgan fingerprint density at radius 2 is 2.27 bits per heavy atom. The first-order valence-electron chi connectivity index (χ1n) is 6.29. The van der Waals surface area contributed by atoms with Crippen LogP contribution >= 0.6 is 23.4 Å². The predicted octanol–water partition coefficient (Wildman–Crippen LogP) is 3.74. The Labute approximate surface area is 134 Å². The molecule has 1 heterocycles. The number of nitrogens with one attached hydrogen (secondary N) is 3. The Morgan fingerprint density at radius 1 is 1.45 bits per heavy atom. The molecule has 0 saturated heterocycles. The van der Waals surface area contributed by atoms with Crippen molar-refractivity contribution >= 4 is 35.1 Å². The van der Waals surface area contributed by atoms with Crippen LogP contribution < -0.4 is 10.6 Å². The van der Waals surface area contributed by atoms with E-state index in [0.29, 0.717) is 21.4 Å². The molecule has 2 aromatic rings. The van der Waals surface area contributed by atoms with Gasteiger partial charge in [-0.2, -0.15) is 0 Å². The van der Waals surface area contributed by atoms with Crippen LogP contribution in [0.15, 0.2) is 35.5 Å². The van der Waals surface area contributed by atoms with E-state index >= 15 is 0 Å². The van der Waals surface area contributed by atoms with E-state index in [1.165, 1.54) is 0 Å². The number of thioether (sulfide) groups is 1. The molecule has 0 saturated carbocycles. The van der Waals surface area contributed by atoms with Gasteiger partial charge in [0.05, 0.1) is 23.0 Å². The number of benzene rings is 1. The van der Waals surface area contributed by atoms with Crippen molar-refractivity contribution in [1.29, 1.82) is 0 Å². The summed E-state index contributed by atoms with van der Waals surface area (Å²) >= 11 is 6.90. The number of imidazole rings is 1. The predicted molar refractivity (Wildman–Crippen MR) is 82.6 cm³/mol. The molecule has 0 bridgehead atoms. The van der Waals surface area contributed by atoms with Gasteiger partial charge >= 0.3 is 6.03 Å². The van der Waals surface area contributed by atoms with Gasteiger partial charge in [0.15, 0.2) is 0 Å². The SMILES string of the molecule is O=C(NCc1ncc[nH]1)Nc1cccc(Cl)c1SCC(F)F. The highest BCUT2D eigenvalue weighted by Gasteiger charge is 2.13. The number of anilines is 1. The Kier molecular flexibility index (Phi) is 6.02. The Hall–Kier alpha value is -1.80. The molecule has 0 spiro atoms. The number of nitrogens with zero attached hydrogens (tertiary/aromatic N) is 1. The first kappa shape index (κ1) is 16.6. The molecule has 9 heteroatoms. The smallest absolute Gasteiger partial charge is 0.319 e. The van der Waals surface area contributed by atoms with Gasteiger partial charge in [-0.15, -0.1) is 11.8 Å². The number of halogens is 3. The van der Waals surface area contributed by atoms with Crippen LogP contribution in [0.4, 0.5) is 19.3 Å². The molecule has 118 valence electrons. The summed E-state index contributed by atoms with van der Waals surface area (Å²) in [4.78, 5) is 19.1. The van der Waals surface area contributed by atoms with Crippen LogP contribution in [0.25, 0.3) is 0 Å². The molecule has 0 atom stereocenters. The highest BCUT2D eigenvalue weighted by Crippen LogP contribution is 2.35. The van der Waals surface area contributed by atoms with Gasteiger partial charge in [-0.05, 0) is 12.1 Å². The second kappa shape index (κ2) is 8.00.